The first kappa shape index (κ1) is 18.8. The number of carbonyl (C=O) groups excluding carboxylic acids is 1. The molecule has 1 fully saturated rings. The predicted molar refractivity (Wildman–Crippen MR) is 95.4 cm³/mol. The van der Waals surface area contributed by atoms with Crippen molar-refractivity contribution in [1.82, 2.24) is 15.0 Å². The van der Waals surface area contributed by atoms with Gasteiger partial charge in [-0.05, 0) is 31.9 Å². The fourth-order valence-electron chi connectivity index (χ4n) is 2.67. The number of nitrogens with two attached hydrogens (primary N) is 1. The van der Waals surface area contributed by atoms with E-state index in [0.29, 0.717) is 29.6 Å². The van der Waals surface area contributed by atoms with Crippen molar-refractivity contribution in [2.45, 2.75) is 36.5 Å². The van der Waals surface area contributed by atoms with E-state index in [-0.39, 0.29) is 24.4 Å². The molecule has 0 spiro atoms. The lowest BCUT2D eigenvalue weighted by Crippen LogP contribution is -2.45. The van der Waals surface area contributed by atoms with Crippen LogP contribution in [0.5, 0.6) is 0 Å². The average Bonchev–Trinajstić information content (AvgIpc) is 2.98. The second-order valence-electron chi connectivity index (χ2n) is 5.67. The minimum absolute atomic E-state index is 0. The van der Waals surface area contributed by atoms with Gasteiger partial charge in [0.1, 0.15) is 0 Å². The Bertz CT molecular complexity index is 694. The Hall–Kier alpha value is -1.57. The summed E-state index contributed by atoms with van der Waals surface area (Å²) in [6, 6.07) is 7.71. The SMILES string of the molecule is Cc1noc(CSc2ccccc2C(=O)N2CCCC(N)C2)n1.Cl. The van der Waals surface area contributed by atoms with Crippen molar-refractivity contribution in [3.8, 4) is 0 Å². The van der Waals surface area contributed by atoms with E-state index in [1.165, 1.54) is 11.8 Å². The maximum atomic E-state index is 12.8. The molecule has 1 amide bonds. The number of carbonyl (C=O) groups is 1. The molecular formula is C16H21ClN4O2S. The summed E-state index contributed by atoms with van der Waals surface area (Å²) in [4.78, 5) is 19.8. The molecule has 1 aromatic carbocycles. The fraction of sp³-hybridized carbons (Fsp3) is 0.438. The molecule has 3 rings (SSSR count). The summed E-state index contributed by atoms with van der Waals surface area (Å²) in [5.74, 6) is 1.77. The van der Waals surface area contributed by atoms with Gasteiger partial charge in [-0.2, -0.15) is 4.98 Å². The van der Waals surface area contributed by atoms with Gasteiger partial charge in [-0.15, -0.1) is 24.2 Å². The number of nitrogens with zero attached hydrogens (tertiary/aromatic N) is 3. The van der Waals surface area contributed by atoms with Gasteiger partial charge in [-0.25, -0.2) is 0 Å². The summed E-state index contributed by atoms with van der Waals surface area (Å²) in [5.41, 5.74) is 6.70. The number of piperidine rings is 1. The van der Waals surface area contributed by atoms with Crippen LogP contribution in [-0.2, 0) is 5.75 Å². The molecule has 0 bridgehead atoms. The number of thioether (sulfide) groups is 1. The molecule has 1 saturated heterocycles. The Balaban J connectivity index is 0.00000208. The van der Waals surface area contributed by atoms with Crippen molar-refractivity contribution in [2.75, 3.05) is 13.1 Å². The second kappa shape index (κ2) is 8.50. The van der Waals surface area contributed by atoms with Crippen molar-refractivity contribution in [3.05, 3.63) is 41.5 Å². The minimum Gasteiger partial charge on any atom is -0.338 e. The highest BCUT2D eigenvalue weighted by Gasteiger charge is 2.24. The molecule has 1 atom stereocenters. The van der Waals surface area contributed by atoms with Gasteiger partial charge in [0.15, 0.2) is 5.82 Å². The molecule has 24 heavy (non-hydrogen) atoms. The summed E-state index contributed by atoms with van der Waals surface area (Å²) < 4.78 is 5.12. The van der Waals surface area contributed by atoms with Crippen LogP contribution >= 0.6 is 24.2 Å². The van der Waals surface area contributed by atoms with E-state index in [1.807, 2.05) is 29.2 Å². The lowest BCUT2D eigenvalue weighted by Gasteiger charge is -2.31. The zero-order chi connectivity index (χ0) is 16.2. The van der Waals surface area contributed by atoms with Gasteiger partial charge in [0.05, 0.1) is 11.3 Å². The smallest absolute Gasteiger partial charge is 0.255 e. The first-order valence-corrected chi connectivity index (χ1v) is 8.68. The molecule has 0 radical (unpaired) electrons. The Morgan fingerprint density at radius 3 is 2.96 bits per heavy atom. The van der Waals surface area contributed by atoms with Gasteiger partial charge in [-0.3, -0.25) is 4.79 Å². The highest BCUT2D eigenvalue weighted by atomic mass is 35.5. The Morgan fingerprint density at radius 1 is 1.46 bits per heavy atom. The molecule has 2 N–H and O–H groups in total. The van der Waals surface area contributed by atoms with E-state index in [9.17, 15) is 4.79 Å². The monoisotopic (exact) mass is 368 g/mol. The van der Waals surface area contributed by atoms with Crippen LogP contribution in [0.25, 0.3) is 0 Å². The molecule has 1 aromatic heterocycles. The van der Waals surface area contributed by atoms with Crippen molar-refractivity contribution >= 4 is 30.1 Å². The van der Waals surface area contributed by atoms with Crippen LogP contribution in [0, 0.1) is 6.92 Å². The van der Waals surface area contributed by atoms with E-state index in [2.05, 4.69) is 10.1 Å². The Morgan fingerprint density at radius 2 is 2.25 bits per heavy atom. The van der Waals surface area contributed by atoms with Crippen molar-refractivity contribution < 1.29 is 9.32 Å². The fourth-order valence-corrected chi connectivity index (χ4v) is 3.55. The van der Waals surface area contributed by atoms with Crippen LogP contribution in [-0.4, -0.2) is 40.1 Å². The molecule has 0 aliphatic carbocycles. The normalized spacial score (nSPS) is 17.4. The van der Waals surface area contributed by atoms with Crippen LogP contribution in [0.3, 0.4) is 0 Å². The zero-order valence-electron chi connectivity index (χ0n) is 13.5. The van der Waals surface area contributed by atoms with Crippen molar-refractivity contribution in [1.29, 1.82) is 0 Å². The van der Waals surface area contributed by atoms with Crippen molar-refractivity contribution in [2.24, 2.45) is 5.73 Å². The number of halogens is 1. The standard InChI is InChI=1S/C16H20N4O2S.ClH/c1-11-18-15(22-19-11)10-23-14-7-3-2-6-13(14)16(21)20-8-4-5-12(17)9-20;/h2-3,6-7,12H,4-5,8-10,17H2,1H3;1H. The van der Waals surface area contributed by atoms with Crippen LogP contribution < -0.4 is 5.73 Å². The maximum Gasteiger partial charge on any atom is 0.255 e. The largest absolute Gasteiger partial charge is 0.338 e. The van der Waals surface area contributed by atoms with Gasteiger partial charge in [0.2, 0.25) is 5.89 Å². The van der Waals surface area contributed by atoms with Gasteiger partial charge < -0.3 is 15.2 Å². The lowest BCUT2D eigenvalue weighted by molar-refractivity contribution is 0.0705. The van der Waals surface area contributed by atoms with E-state index < -0.39 is 0 Å². The zero-order valence-corrected chi connectivity index (χ0v) is 15.1. The first-order chi connectivity index (χ1) is 11.1. The third kappa shape index (κ3) is 4.49. The number of rotatable bonds is 4. The number of aromatic nitrogens is 2. The lowest BCUT2D eigenvalue weighted by atomic mass is 10.1. The van der Waals surface area contributed by atoms with Gasteiger partial charge in [-0.1, -0.05) is 17.3 Å². The van der Waals surface area contributed by atoms with Crippen molar-refractivity contribution in [3.63, 3.8) is 0 Å². The quantitative estimate of drug-likeness (QED) is 0.835. The molecular weight excluding hydrogens is 348 g/mol. The Kier molecular flexibility index (Phi) is 6.65. The van der Waals surface area contributed by atoms with Gasteiger partial charge >= 0.3 is 0 Å². The van der Waals surface area contributed by atoms with E-state index in [4.69, 9.17) is 10.3 Å². The molecule has 1 aliphatic heterocycles. The molecule has 1 unspecified atom stereocenters. The molecule has 8 heteroatoms. The average molecular weight is 369 g/mol. The number of aryl methyl sites for hydroxylation is 1. The third-order valence-electron chi connectivity index (χ3n) is 3.78. The number of hydrogen-bond acceptors (Lipinski definition) is 6. The maximum absolute atomic E-state index is 12.8. The molecule has 6 nitrogen and oxygen atoms in total. The molecule has 0 saturated carbocycles. The van der Waals surface area contributed by atoms with Gasteiger partial charge in [0.25, 0.3) is 5.91 Å². The Labute approximate surface area is 151 Å². The summed E-state index contributed by atoms with van der Waals surface area (Å²) in [5, 5.41) is 3.78. The van der Waals surface area contributed by atoms with Gasteiger partial charge in [0, 0.05) is 24.0 Å². The number of benzene rings is 1. The van der Waals surface area contributed by atoms with Crippen LogP contribution in [0.2, 0.25) is 0 Å². The van der Waals surface area contributed by atoms with Crippen LogP contribution in [0.15, 0.2) is 33.7 Å². The molecule has 1 aliphatic rings. The molecule has 130 valence electrons. The van der Waals surface area contributed by atoms with E-state index >= 15 is 0 Å². The summed E-state index contributed by atoms with van der Waals surface area (Å²) in [7, 11) is 0. The number of hydrogen-bond donors (Lipinski definition) is 1. The highest BCUT2D eigenvalue weighted by Crippen LogP contribution is 2.27. The third-order valence-corrected chi connectivity index (χ3v) is 4.84. The van der Waals surface area contributed by atoms with E-state index in [0.717, 1.165) is 24.3 Å². The number of amides is 1. The topological polar surface area (TPSA) is 85.2 Å². The molecule has 2 aromatic rings. The van der Waals surface area contributed by atoms with Crippen LogP contribution in [0.4, 0.5) is 0 Å². The van der Waals surface area contributed by atoms with E-state index in [1.54, 1.807) is 6.92 Å². The van der Waals surface area contributed by atoms with Crippen LogP contribution in [0.1, 0.15) is 34.9 Å². The predicted octanol–water partition coefficient (Wildman–Crippen LogP) is 2.66. The summed E-state index contributed by atoms with van der Waals surface area (Å²) >= 11 is 1.53. The minimum atomic E-state index is 0. The first-order valence-electron chi connectivity index (χ1n) is 7.69. The second-order valence-corrected chi connectivity index (χ2v) is 6.69. The summed E-state index contributed by atoms with van der Waals surface area (Å²) in [6.07, 6.45) is 1.94. The number of likely N-dealkylation sites (tertiary alicyclic amines) is 1. The highest BCUT2D eigenvalue weighted by molar-refractivity contribution is 7.98. The summed E-state index contributed by atoms with van der Waals surface area (Å²) in [6.45, 7) is 3.18. The molecule has 2 heterocycles.